The molecule has 1 N–H and O–H groups in total. The highest BCUT2D eigenvalue weighted by molar-refractivity contribution is 5.75. The Hall–Kier alpha value is -1.95. The van der Waals surface area contributed by atoms with E-state index in [9.17, 15) is 4.79 Å². The fraction of sp³-hybridized carbons (Fsp3) is 0.632. The van der Waals surface area contributed by atoms with Gasteiger partial charge in [-0.3, -0.25) is 0 Å². The lowest BCUT2D eigenvalue weighted by atomic mass is 10.0. The molecule has 3 rings (SSSR count). The van der Waals surface area contributed by atoms with Crippen LogP contribution in [0.3, 0.4) is 0 Å². The Kier molecular flexibility index (Phi) is 5.68. The number of hydrogen-bond acceptors (Lipinski definition) is 4. The second kappa shape index (κ2) is 7.95. The van der Waals surface area contributed by atoms with Gasteiger partial charge in [0.15, 0.2) is 0 Å². The van der Waals surface area contributed by atoms with Gasteiger partial charge in [-0.05, 0) is 50.8 Å². The number of urea groups is 1. The quantitative estimate of drug-likeness (QED) is 0.888. The van der Waals surface area contributed by atoms with Gasteiger partial charge in [-0.25, -0.2) is 4.79 Å². The lowest BCUT2D eigenvalue weighted by Gasteiger charge is -2.29. The predicted molar refractivity (Wildman–Crippen MR) is 95.2 cm³/mol. The third-order valence-electron chi connectivity index (χ3n) is 5.18. The minimum atomic E-state index is -0.0321. The first-order chi connectivity index (χ1) is 12.1. The highest BCUT2D eigenvalue weighted by Crippen LogP contribution is 2.38. The molecule has 0 spiro atoms. The molecule has 0 unspecified atom stereocenters. The number of amides is 2. The molecule has 25 heavy (non-hydrogen) atoms. The van der Waals surface area contributed by atoms with E-state index in [2.05, 4.69) is 5.32 Å². The van der Waals surface area contributed by atoms with E-state index in [0.717, 1.165) is 55.9 Å². The Morgan fingerprint density at radius 3 is 2.80 bits per heavy atom. The highest BCUT2D eigenvalue weighted by Gasteiger charge is 2.34. The van der Waals surface area contributed by atoms with Gasteiger partial charge in [0.05, 0.1) is 32.4 Å². The van der Waals surface area contributed by atoms with Crippen LogP contribution in [0, 0.1) is 0 Å². The Balaban J connectivity index is 1.74. The summed E-state index contributed by atoms with van der Waals surface area (Å²) in [7, 11) is 3.30. The molecule has 0 bridgehead atoms. The molecule has 6 nitrogen and oxygen atoms in total. The van der Waals surface area contributed by atoms with Crippen LogP contribution in [0.1, 0.15) is 44.2 Å². The van der Waals surface area contributed by atoms with Gasteiger partial charge in [0.25, 0.3) is 0 Å². The second-order valence-corrected chi connectivity index (χ2v) is 6.75. The number of methoxy groups -OCH3 is 2. The molecule has 3 atom stereocenters. The van der Waals surface area contributed by atoms with E-state index in [1.54, 1.807) is 14.2 Å². The molecule has 2 amide bonds. The Labute approximate surface area is 149 Å². The SMILES string of the molecule is COc1ccc(OC)c([C@@H]2CCCN2C(=O)N[C@H](C)[C@H]2CCCO2)c1. The molecule has 2 fully saturated rings. The van der Waals surface area contributed by atoms with Crippen LogP contribution >= 0.6 is 0 Å². The molecule has 1 aromatic carbocycles. The molecule has 0 saturated carbocycles. The molecular weight excluding hydrogens is 320 g/mol. The van der Waals surface area contributed by atoms with Crippen molar-refractivity contribution >= 4 is 6.03 Å². The highest BCUT2D eigenvalue weighted by atomic mass is 16.5. The number of hydrogen-bond donors (Lipinski definition) is 1. The van der Waals surface area contributed by atoms with Gasteiger partial charge in [0, 0.05) is 18.7 Å². The molecule has 0 aliphatic carbocycles. The maximum atomic E-state index is 12.8. The molecule has 1 aromatic rings. The van der Waals surface area contributed by atoms with Gasteiger partial charge in [-0.1, -0.05) is 0 Å². The maximum absolute atomic E-state index is 12.8. The molecule has 2 aliphatic heterocycles. The largest absolute Gasteiger partial charge is 0.497 e. The normalized spacial score (nSPS) is 24.2. The van der Waals surface area contributed by atoms with Crippen LogP contribution in [0.25, 0.3) is 0 Å². The van der Waals surface area contributed by atoms with Crippen molar-refractivity contribution in [1.29, 1.82) is 0 Å². The fourth-order valence-corrected chi connectivity index (χ4v) is 3.80. The van der Waals surface area contributed by atoms with E-state index in [4.69, 9.17) is 14.2 Å². The number of benzene rings is 1. The molecule has 2 saturated heterocycles. The van der Waals surface area contributed by atoms with Crippen molar-refractivity contribution < 1.29 is 19.0 Å². The number of nitrogens with one attached hydrogen (secondary N) is 1. The van der Waals surface area contributed by atoms with Crippen LogP contribution in [-0.4, -0.2) is 50.4 Å². The summed E-state index contributed by atoms with van der Waals surface area (Å²) < 4.78 is 16.6. The number of nitrogens with zero attached hydrogens (tertiary/aromatic N) is 1. The lowest BCUT2D eigenvalue weighted by molar-refractivity contribution is 0.0829. The van der Waals surface area contributed by atoms with Crippen LogP contribution in [-0.2, 0) is 4.74 Å². The molecule has 2 heterocycles. The van der Waals surface area contributed by atoms with Crippen molar-refractivity contribution in [3.8, 4) is 11.5 Å². The average Bonchev–Trinajstić information content (AvgIpc) is 3.32. The second-order valence-electron chi connectivity index (χ2n) is 6.75. The summed E-state index contributed by atoms with van der Waals surface area (Å²) >= 11 is 0. The Bertz CT molecular complexity index is 601. The van der Waals surface area contributed by atoms with Gasteiger partial charge >= 0.3 is 6.03 Å². The average molecular weight is 348 g/mol. The summed E-state index contributed by atoms with van der Waals surface area (Å²) in [6, 6.07) is 5.73. The Morgan fingerprint density at radius 2 is 2.12 bits per heavy atom. The Morgan fingerprint density at radius 1 is 1.28 bits per heavy atom. The fourth-order valence-electron chi connectivity index (χ4n) is 3.80. The van der Waals surface area contributed by atoms with Crippen LogP contribution in [0.2, 0.25) is 0 Å². The molecule has 2 aliphatic rings. The maximum Gasteiger partial charge on any atom is 0.318 e. The molecular formula is C19H28N2O4. The van der Waals surface area contributed by atoms with E-state index in [1.807, 2.05) is 30.0 Å². The summed E-state index contributed by atoms with van der Waals surface area (Å²) in [5.74, 6) is 1.56. The first kappa shape index (κ1) is 17.9. The van der Waals surface area contributed by atoms with Crippen molar-refractivity contribution in [2.24, 2.45) is 0 Å². The van der Waals surface area contributed by atoms with E-state index >= 15 is 0 Å². The minimum Gasteiger partial charge on any atom is -0.497 e. The van der Waals surface area contributed by atoms with Gasteiger partial charge in [-0.15, -0.1) is 0 Å². The third kappa shape index (κ3) is 3.84. The summed E-state index contributed by atoms with van der Waals surface area (Å²) in [4.78, 5) is 14.7. The number of carbonyl (C=O) groups excluding carboxylic acids is 1. The van der Waals surface area contributed by atoms with Gasteiger partial charge < -0.3 is 24.4 Å². The first-order valence-electron chi connectivity index (χ1n) is 9.04. The molecule has 0 aromatic heterocycles. The summed E-state index contributed by atoms with van der Waals surface area (Å²) in [6.07, 6.45) is 4.10. The zero-order chi connectivity index (χ0) is 17.8. The van der Waals surface area contributed by atoms with Crippen molar-refractivity contribution in [3.63, 3.8) is 0 Å². The first-order valence-corrected chi connectivity index (χ1v) is 9.04. The molecule has 6 heteroatoms. The number of likely N-dealkylation sites (tertiary alicyclic amines) is 1. The number of rotatable bonds is 5. The number of carbonyl (C=O) groups is 1. The molecule has 138 valence electrons. The predicted octanol–water partition coefficient (Wildman–Crippen LogP) is 3.12. The monoisotopic (exact) mass is 348 g/mol. The standard InChI is InChI=1S/C19H28N2O4/c1-13(17-7-5-11-25-17)20-19(22)21-10-4-6-16(21)15-12-14(23-2)8-9-18(15)24-3/h8-9,12-13,16-17H,4-7,10-11H2,1-3H3,(H,20,22)/t13-,16+,17-/m1/s1. The van der Waals surface area contributed by atoms with Crippen LogP contribution in [0.15, 0.2) is 18.2 Å². The summed E-state index contributed by atoms with van der Waals surface area (Å²) in [5, 5.41) is 3.12. The van der Waals surface area contributed by atoms with Crippen LogP contribution < -0.4 is 14.8 Å². The zero-order valence-electron chi connectivity index (χ0n) is 15.3. The third-order valence-corrected chi connectivity index (χ3v) is 5.18. The number of ether oxygens (including phenoxy) is 3. The van der Waals surface area contributed by atoms with E-state index in [0.29, 0.717) is 0 Å². The van der Waals surface area contributed by atoms with Gasteiger partial charge in [-0.2, -0.15) is 0 Å². The lowest BCUT2D eigenvalue weighted by Crippen LogP contribution is -2.47. The van der Waals surface area contributed by atoms with Crippen molar-refractivity contribution in [2.75, 3.05) is 27.4 Å². The van der Waals surface area contributed by atoms with E-state index < -0.39 is 0 Å². The van der Waals surface area contributed by atoms with Crippen LogP contribution in [0.4, 0.5) is 4.79 Å². The topological polar surface area (TPSA) is 60.0 Å². The van der Waals surface area contributed by atoms with E-state index in [-0.39, 0.29) is 24.2 Å². The molecule has 0 radical (unpaired) electrons. The minimum absolute atomic E-state index is 0.00162. The summed E-state index contributed by atoms with van der Waals surface area (Å²) in [6.45, 7) is 3.55. The summed E-state index contributed by atoms with van der Waals surface area (Å²) in [5.41, 5.74) is 0.999. The zero-order valence-corrected chi connectivity index (χ0v) is 15.3. The van der Waals surface area contributed by atoms with Crippen LogP contribution in [0.5, 0.6) is 11.5 Å². The van der Waals surface area contributed by atoms with Gasteiger partial charge in [0.1, 0.15) is 11.5 Å². The smallest absolute Gasteiger partial charge is 0.318 e. The van der Waals surface area contributed by atoms with Crippen molar-refractivity contribution in [2.45, 2.75) is 50.8 Å². The van der Waals surface area contributed by atoms with Crippen molar-refractivity contribution in [1.82, 2.24) is 10.2 Å². The van der Waals surface area contributed by atoms with Gasteiger partial charge in [0.2, 0.25) is 0 Å². The van der Waals surface area contributed by atoms with Crippen molar-refractivity contribution in [3.05, 3.63) is 23.8 Å². The van der Waals surface area contributed by atoms with E-state index in [1.165, 1.54) is 0 Å².